The molecule has 0 fully saturated rings. The minimum absolute atomic E-state index is 0.754. The van der Waals surface area contributed by atoms with Crippen molar-refractivity contribution in [2.45, 2.75) is 30.8 Å². The van der Waals surface area contributed by atoms with Gasteiger partial charge in [-0.15, -0.1) is 0 Å². The summed E-state index contributed by atoms with van der Waals surface area (Å²) >= 11 is 0. The van der Waals surface area contributed by atoms with E-state index in [2.05, 4.69) is 0 Å². The van der Waals surface area contributed by atoms with Crippen LogP contribution in [-0.2, 0) is 4.79 Å². The van der Waals surface area contributed by atoms with Crippen LogP contribution < -0.4 is 0 Å². The van der Waals surface area contributed by atoms with Crippen molar-refractivity contribution in [3.05, 3.63) is 0 Å². The van der Waals surface area contributed by atoms with Crippen molar-refractivity contribution >= 4 is 5.97 Å². The Kier molecular flexibility index (Phi) is 5.58. The Morgan fingerprint density at radius 1 is 1.00 bits per heavy atom. The van der Waals surface area contributed by atoms with Crippen LogP contribution in [0.2, 0.25) is 0 Å². The Morgan fingerprint density at radius 2 is 1.43 bits per heavy atom. The zero-order valence-corrected chi connectivity index (χ0v) is 7.32. The summed E-state index contributed by atoms with van der Waals surface area (Å²) in [5.74, 6) is -1.35. The van der Waals surface area contributed by atoms with Crippen molar-refractivity contribution < 1.29 is 35.4 Å². The highest BCUT2D eigenvalue weighted by Crippen LogP contribution is 2.07. The SMILES string of the molecule is O=C(O)C[C@H](O)[C@@H](O)[C@H](O)[C@H](O)CO. The molecule has 0 aromatic heterocycles. The molecule has 0 rings (SSSR count). The van der Waals surface area contributed by atoms with Crippen LogP contribution in [0.3, 0.4) is 0 Å². The fourth-order valence-corrected chi connectivity index (χ4v) is 0.863. The van der Waals surface area contributed by atoms with Gasteiger partial charge in [0.1, 0.15) is 18.3 Å². The monoisotopic (exact) mass is 210 g/mol. The number of carboxylic acid groups (broad SMARTS) is 1. The summed E-state index contributed by atoms with van der Waals surface area (Å²) in [6.45, 7) is -0.794. The Morgan fingerprint density at radius 3 is 1.79 bits per heavy atom. The van der Waals surface area contributed by atoms with Crippen molar-refractivity contribution in [3.8, 4) is 0 Å². The van der Waals surface area contributed by atoms with Gasteiger partial charge < -0.3 is 30.6 Å². The molecule has 0 heterocycles. The molecule has 14 heavy (non-hydrogen) atoms. The average molecular weight is 210 g/mol. The smallest absolute Gasteiger partial charge is 0.306 e. The summed E-state index contributed by atoms with van der Waals surface area (Å²) in [6, 6.07) is 0. The summed E-state index contributed by atoms with van der Waals surface area (Å²) in [6.07, 6.45) is -7.66. The molecular formula is C7H14O7. The second kappa shape index (κ2) is 5.89. The van der Waals surface area contributed by atoms with Crippen LogP contribution in [0.5, 0.6) is 0 Å². The quantitative estimate of drug-likeness (QED) is 0.273. The minimum atomic E-state index is -1.81. The number of rotatable bonds is 6. The highest BCUT2D eigenvalue weighted by molar-refractivity contribution is 5.67. The Hall–Kier alpha value is -0.730. The van der Waals surface area contributed by atoms with E-state index >= 15 is 0 Å². The molecule has 84 valence electrons. The predicted molar refractivity (Wildman–Crippen MR) is 43.4 cm³/mol. The van der Waals surface area contributed by atoms with E-state index in [4.69, 9.17) is 30.6 Å². The third-order valence-electron chi connectivity index (χ3n) is 1.71. The molecule has 0 amide bonds. The van der Waals surface area contributed by atoms with Gasteiger partial charge in [-0.25, -0.2) is 0 Å². The lowest BCUT2D eigenvalue weighted by Gasteiger charge is -2.24. The number of aliphatic hydroxyl groups excluding tert-OH is 5. The first kappa shape index (κ1) is 13.3. The number of hydrogen-bond donors (Lipinski definition) is 6. The molecule has 0 saturated heterocycles. The molecule has 0 aromatic rings. The van der Waals surface area contributed by atoms with E-state index in [0.29, 0.717) is 0 Å². The van der Waals surface area contributed by atoms with Gasteiger partial charge in [0.25, 0.3) is 0 Å². The van der Waals surface area contributed by atoms with Crippen LogP contribution in [0.25, 0.3) is 0 Å². The molecule has 0 bridgehead atoms. The molecule has 0 aliphatic heterocycles. The fraction of sp³-hybridized carbons (Fsp3) is 0.857. The van der Waals surface area contributed by atoms with Crippen LogP contribution in [-0.4, -0.2) is 67.6 Å². The first-order valence-electron chi connectivity index (χ1n) is 3.95. The molecule has 0 unspecified atom stereocenters. The lowest BCUT2D eigenvalue weighted by atomic mass is 10.0. The van der Waals surface area contributed by atoms with E-state index in [1.54, 1.807) is 0 Å². The van der Waals surface area contributed by atoms with E-state index in [1.807, 2.05) is 0 Å². The van der Waals surface area contributed by atoms with Crippen molar-refractivity contribution in [2.24, 2.45) is 0 Å². The van der Waals surface area contributed by atoms with Crippen LogP contribution in [0.1, 0.15) is 6.42 Å². The van der Waals surface area contributed by atoms with Crippen LogP contribution in [0.4, 0.5) is 0 Å². The van der Waals surface area contributed by atoms with Gasteiger partial charge >= 0.3 is 5.97 Å². The van der Waals surface area contributed by atoms with E-state index in [1.165, 1.54) is 0 Å². The van der Waals surface area contributed by atoms with Crippen molar-refractivity contribution in [3.63, 3.8) is 0 Å². The van der Waals surface area contributed by atoms with Gasteiger partial charge in [-0.05, 0) is 0 Å². The van der Waals surface area contributed by atoms with Gasteiger partial charge in [-0.3, -0.25) is 4.79 Å². The second-order valence-electron chi connectivity index (χ2n) is 2.90. The molecule has 4 atom stereocenters. The van der Waals surface area contributed by atoms with E-state index in [0.717, 1.165) is 0 Å². The van der Waals surface area contributed by atoms with Crippen molar-refractivity contribution in [1.82, 2.24) is 0 Å². The first-order chi connectivity index (χ1) is 6.40. The minimum Gasteiger partial charge on any atom is -0.481 e. The van der Waals surface area contributed by atoms with E-state index < -0.39 is 43.4 Å². The molecule has 6 N–H and O–H groups in total. The zero-order valence-electron chi connectivity index (χ0n) is 7.32. The zero-order chi connectivity index (χ0) is 11.3. The number of carbonyl (C=O) groups is 1. The molecule has 0 spiro atoms. The van der Waals surface area contributed by atoms with Gasteiger partial charge in [-0.1, -0.05) is 0 Å². The maximum absolute atomic E-state index is 10.1. The standard InChI is InChI=1S/C7H14O7/c8-2-4(10)7(14)6(13)3(9)1-5(11)12/h3-4,6-10,13-14H,1-2H2,(H,11,12)/t3-,4+,6+,7+/m0/s1. The van der Waals surface area contributed by atoms with Gasteiger partial charge in [0.2, 0.25) is 0 Å². The van der Waals surface area contributed by atoms with Gasteiger partial charge in [0.15, 0.2) is 0 Å². The molecule has 7 nitrogen and oxygen atoms in total. The van der Waals surface area contributed by atoms with Crippen LogP contribution >= 0.6 is 0 Å². The third-order valence-corrected chi connectivity index (χ3v) is 1.71. The normalized spacial score (nSPS) is 19.8. The first-order valence-corrected chi connectivity index (χ1v) is 3.95. The average Bonchev–Trinajstić information content (AvgIpc) is 2.13. The Labute approximate surface area is 79.9 Å². The molecule has 0 saturated carbocycles. The topological polar surface area (TPSA) is 138 Å². The van der Waals surface area contributed by atoms with Gasteiger partial charge in [0, 0.05) is 0 Å². The summed E-state index contributed by atoms with van der Waals surface area (Å²) in [5, 5.41) is 52.7. The number of aliphatic hydroxyl groups is 5. The lowest BCUT2D eigenvalue weighted by Crippen LogP contribution is -2.46. The molecular weight excluding hydrogens is 196 g/mol. The van der Waals surface area contributed by atoms with Gasteiger partial charge in [0.05, 0.1) is 19.1 Å². The molecule has 7 heteroatoms. The summed E-state index contributed by atoms with van der Waals surface area (Å²) in [4.78, 5) is 10.1. The fourth-order valence-electron chi connectivity index (χ4n) is 0.863. The molecule has 0 aliphatic rings. The molecule has 0 aliphatic carbocycles. The van der Waals surface area contributed by atoms with E-state index in [-0.39, 0.29) is 0 Å². The van der Waals surface area contributed by atoms with Crippen LogP contribution in [0.15, 0.2) is 0 Å². The highest BCUT2D eigenvalue weighted by atomic mass is 16.4. The van der Waals surface area contributed by atoms with Gasteiger partial charge in [-0.2, -0.15) is 0 Å². The highest BCUT2D eigenvalue weighted by Gasteiger charge is 2.30. The summed E-state index contributed by atoms with van der Waals surface area (Å²) in [7, 11) is 0. The van der Waals surface area contributed by atoms with Crippen molar-refractivity contribution in [2.75, 3.05) is 6.61 Å². The maximum Gasteiger partial charge on any atom is 0.306 e. The Bertz CT molecular complexity index is 183. The maximum atomic E-state index is 10.1. The number of carboxylic acids is 1. The lowest BCUT2D eigenvalue weighted by molar-refractivity contribution is -0.147. The largest absolute Gasteiger partial charge is 0.481 e. The predicted octanol–water partition coefficient (Wildman–Crippen LogP) is -3.10. The Balaban J connectivity index is 4.15. The number of aliphatic carboxylic acids is 1. The molecule has 0 radical (unpaired) electrons. The summed E-state index contributed by atoms with van der Waals surface area (Å²) < 4.78 is 0. The number of hydrogen-bond acceptors (Lipinski definition) is 6. The third kappa shape index (κ3) is 3.99. The van der Waals surface area contributed by atoms with Crippen molar-refractivity contribution in [1.29, 1.82) is 0 Å². The van der Waals surface area contributed by atoms with Crippen LogP contribution in [0, 0.1) is 0 Å². The second-order valence-corrected chi connectivity index (χ2v) is 2.90. The van der Waals surface area contributed by atoms with E-state index in [9.17, 15) is 4.79 Å². The molecule has 0 aromatic carbocycles. The summed E-state index contributed by atoms with van der Waals surface area (Å²) in [5.41, 5.74) is 0.